The fourth-order valence-electron chi connectivity index (χ4n) is 4.24. The van der Waals surface area contributed by atoms with Gasteiger partial charge in [0.1, 0.15) is 0 Å². The molecule has 0 saturated carbocycles. The van der Waals surface area contributed by atoms with Crippen LogP contribution in [-0.4, -0.2) is 36.9 Å². The molecule has 1 N–H and O–H groups in total. The number of likely N-dealkylation sites (tertiary alicyclic amines) is 1. The summed E-state index contributed by atoms with van der Waals surface area (Å²) in [6, 6.07) is 17.0. The van der Waals surface area contributed by atoms with Crippen molar-refractivity contribution in [1.82, 2.24) is 9.62 Å². The molecule has 1 heterocycles. The minimum Gasteiger partial charge on any atom is -0.335 e. The van der Waals surface area contributed by atoms with Crippen molar-refractivity contribution in [3.05, 3.63) is 71.3 Å². The van der Waals surface area contributed by atoms with Gasteiger partial charge in [-0.2, -0.15) is 0 Å². The molecule has 2 aliphatic rings. The summed E-state index contributed by atoms with van der Waals surface area (Å²) in [5, 5.41) is -0.652. The minimum absolute atomic E-state index is 0.0312. The highest BCUT2D eigenvalue weighted by atomic mass is 32.2. The molecule has 7 heteroatoms. The number of carbonyl (C=O) groups is 2. The van der Waals surface area contributed by atoms with Crippen molar-refractivity contribution in [3.63, 3.8) is 0 Å². The second-order valence-electron chi connectivity index (χ2n) is 7.84. The first-order valence-electron chi connectivity index (χ1n) is 9.82. The van der Waals surface area contributed by atoms with Crippen LogP contribution in [0, 0.1) is 5.92 Å². The standard InChI is InChI=1S/C22H24N2O4S/c1-15(16-7-3-2-4-8-16)24-14-19(13-21(24)25)22(26)23-29(27,28)20-11-17-9-5-6-10-18(17)12-20/h2-10,15,19-20H,11-14H2,1H3,(H,23,26). The number of benzene rings is 2. The molecule has 29 heavy (non-hydrogen) atoms. The molecule has 4 rings (SSSR count). The van der Waals surface area contributed by atoms with Gasteiger partial charge in [0, 0.05) is 13.0 Å². The van der Waals surface area contributed by atoms with Gasteiger partial charge in [0.25, 0.3) is 0 Å². The van der Waals surface area contributed by atoms with E-state index in [4.69, 9.17) is 0 Å². The predicted octanol–water partition coefficient (Wildman–Crippen LogP) is 2.21. The van der Waals surface area contributed by atoms with Crippen LogP contribution < -0.4 is 4.72 Å². The van der Waals surface area contributed by atoms with Gasteiger partial charge in [0.15, 0.2) is 0 Å². The van der Waals surface area contributed by atoms with Gasteiger partial charge in [0.05, 0.1) is 17.2 Å². The number of hydrogen-bond donors (Lipinski definition) is 1. The summed E-state index contributed by atoms with van der Waals surface area (Å²) in [6.45, 7) is 2.14. The first-order valence-corrected chi connectivity index (χ1v) is 11.4. The van der Waals surface area contributed by atoms with Crippen molar-refractivity contribution in [2.45, 2.75) is 37.5 Å². The Labute approximate surface area is 171 Å². The summed E-state index contributed by atoms with van der Waals surface area (Å²) >= 11 is 0. The van der Waals surface area contributed by atoms with Gasteiger partial charge >= 0.3 is 0 Å². The minimum atomic E-state index is -3.80. The summed E-state index contributed by atoms with van der Waals surface area (Å²) in [5.41, 5.74) is 3.00. The smallest absolute Gasteiger partial charge is 0.238 e. The molecule has 2 aromatic rings. The largest absolute Gasteiger partial charge is 0.335 e. The molecule has 1 fully saturated rings. The van der Waals surface area contributed by atoms with Crippen molar-refractivity contribution < 1.29 is 18.0 Å². The lowest BCUT2D eigenvalue weighted by Gasteiger charge is -2.25. The van der Waals surface area contributed by atoms with Gasteiger partial charge in [-0.05, 0) is 36.5 Å². The number of nitrogens with one attached hydrogen (secondary N) is 1. The summed E-state index contributed by atoms with van der Waals surface area (Å²) in [4.78, 5) is 26.8. The van der Waals surface area contributed by atoms with E-state index >= 15 is 0 Å². The van der Waals surface area contributed by atoms with E-state index in [0.29, 0.717) is 12.8 Å². The highest BCUT2D eigenvalue weighted by molar-refractivity contribution is 7.90. The zero-order valence-electron chi connectivity index (χ0n) is 16.2. The molecule has 0 bridgehead atoms. The van der Waals surface area contributed by atoms with Crippen LogP contribution >= 0.6 is 0 Å². The van der Waals surface area contributed by atoms with Gasteiger partial charge in [-0.1, -0.05) is 54.6 Å². The third-order valence-electron chi connectivity index (χ3n) is 5.97. The molecule has 1 saturated heterocycles. The molecular formula is C22H24N2O4S. The highest BCUT2D eigenvalue weighted by Crippen LogP contribution is 2.30. The summed E-state index contributed by atoms with van der Waals surface area (Å²) in [6.07, 6.45) is 0.836. The van der Waals surface area contributed by atoms with Crippen molar-refractivity contribution in [3.8, 4) is 0 Å². The number of fused-ring (bicyclic) bond motifs is 1. The van der Waals surface area contributed by atoms with E-state index in [1.54, 1.807) is 4.90 Å². The van der Waals surface area contributed by atoms with Crippen LogP contribution in [0.1, 0.15) is 36.1 Å². The molecule has 2 atom stereocenters. The van der Waals surface area contributed by atoms with Crippen molar-refractivity contribution in [2.75, 3.05) is 6.54 Å². The van der Waals surface area contributed by atoms with E-state index in [0.717, 1.165) is 16.7 Å². The van der Waals surface area contributed by atoms with Gasteiger partial charge < -0.3 is 4.90 Å². The quantitative estimate of drug-likeness (QED) is 0.816. The molecule has 0 radical (unpaired) electrons. The van der Waals surface area contributed by atoms with E-state index in [2.05, 4.69) is 4.72 Å². The highest BCUT2D eigenvalue weighted by Gasteiger charge is 2.40. The molecule has 2 amide bonds. The molecule has 1 aliphatic heterocycles. The Morgan fingerprint density at radius 1 is 1.00 bits per heavy atom. The monoisotopic (exact) mass is 412 g/mol. The van der Waals surface area contributed by atoms with E-state index in [1.165, 1.54) is 0 Å². The van der Waals surface area contributed by atoms with Crippen LogP contribution in [0.4, 0.5) is 0 Å². The number of rotatable bonds is 5. The molecule has 0 aromatic heterocycles. The normalized spacial score (nSPS) is 20.5. The van der Waals surface area contributed by atoms with Crippen LogP contribution in [0.3, 0.4) is 0 Å². The van der Waals surface area contributed by atoms with E-state index in [1.807, 2.05) is 61.5 Å². The number of amides is 2. The van der Waals surface area contributed by atoms with E-state index in [9.17, 15) is 18.0 Å². The Balaban J connectivity index is 1.41. The van der Waals surface area contributed by atoms with Gasteiger partial charge in [-0.3, -0.25) is 14.3 Å². The number of sulfonamides is 1. The maximum atomic E-state index is 12.8. The predicted molar refractivity (Wildman–Crippen MR) is 109 cm³/mol. The second kappa shape index (κ2) is 7.63. The molecule has 1 aliphatic carbocycles. The lowest BCUT2D eigenvalue weighted by molar-refractivity contribution is -0.130. The maximum Gasteiger partial charge on any atom is 0.238 e. The van der Waals surface area contributed by atoms with Gasteiger partial charge in [-0.25, -0.2) is 8.42 Å². The fraction of sp³-hybridized carbons (Fsp3) is 0.364. The average molecular weight is 413 g/mol. The topological polar surface area (TPSA) is 83.6 Å². The fourth-order valence-corrected chi connectivity index (χ4v) is 5.65. The van der Waals surface area contributed by atoms with Crippen LogP contribution in [0.15, 0.2) is 54.6 Å². The summed E-state index contributed by atoms with van der Waals surface area (Å²) in [5.74, 6) is -1.38. The van der Waals surface area contributed by atoms with Crippen molar-refractivity contribution in [2.24, 2.45) is 5.92 Å². The molecule has 2 unspecified atom stereocenters. The lowest BCUT2D eigenvalue weighted by Crippen LogP contribution is -2.42. The Bertz CT molecular complexity index is 1010. The molecule has 6 nitrogen and oxygen atoms in total. The lowest BCUT2D eigenvalue weighted by atomic mass is 10.1. The Morgan fingerprint density at radius 2 is 1.59 bits per heavy atom. The zero-order valence-corrected chi connectivity index (χ0v) is 17.1. The third kappa shape index (κ3) is 3.92. The van der Waals surface area contributed by atoms with Crippen molar-refractivity contribution in [1.29, 1.82) is 0 Å². The average Bonchev–Trinajstić information content (AvgIpc) is 3.32. The first-order chi connectivity index (χ1) is 13.8. The Morgan fingerprint density at radius 3 is 2.21 bits per heavy atom. The Hall–Kier alpha value is -2.67. The van der Waals surface area contributed by atoms with E-state index < -0.39 is 27.1 Å². The first kappa shape index (κ1) is 19.6. The van der Waals surface area contributed by atoms with Gasteiger partial charge in [0.2, 0.25) is 21.8 Å². The number of hydrogen-bond acceptors (Lipinski definition) is 4. The van der Waals surface area contributed by atoms with Crippen LogP contribution in [-0.2, 0) is 32.5 Å². The molecular weight excluding hydrogens is 388 g/mol. The summed E-state index contributed by atoms with van der Waals surface area (Å²) < 4.78 is 27.8. The molecule has 152 valence electrons. The number of nitrogens with zero attached hydrogens (tertiary/aromatic N) is 1. The van der Waals surface area contributed by atoms with Gasteiger partial charge in [-0.15, -0.1) is 0 Å². The maximum absolute atomic E-state index is 12.8. The van der Waals surface area contributed by atoms with Crippen LogP contribution in [0.25, 0.3) is 0 Å². The SMILES string of the molecule is CC(c1ccccc1)N1CC(C(=O)NS(=O)(=O)C2Cc3ccccc3C2)CC1=O. The van der Waals surface area contributed by atoms with Crippen molar-refractivity contribution >= 4 is 21.8 Å². The van der Waals surface area contributed by atoms with E-state index in [-0.39, 0.29) is 24.9 Å². The van der Waals surface area contributed by atoms with Crippen LogP contribution in [0.2, 0.25) is 0 Å². The molecule has 0 spiro atoms. The number of carbonyl (C=O) groups excluding carboxylic acids is 2. The summed E-state index contributed by atoms with van der Waals surface area (Å²) in [7, 11) is -3.80. The van der Waals surface area contributed by atoms with Crippen LogP contribution in [0.5, 0.6) is 0 Å². The third-order valence-corrected chi connectivity index (χ3v) is 7.67. The Kier molecular flexibility index (Phi) is 5.17. The zero-order chi connectivity index (χ0) is 20.6. The second-order valence-corrected chi connectivity index (χ2v) is 9.80. The molecule has 2 aromatic carbocycles.